The van der Waals surface area contributed by atoms with Crippen LogP contribution < -0.4 is 9.19 Å². The monoisotopic (exact) mass is 514 g/mol. The topological polar surface area (TPSA) is 76.0 Å². The lowest BCUT2D eigenvalue weighted by Gasteiger charge is -2.11. The highest BCUT2D eigenvalue weighted by molar-refractivity contribution is 7.87. The van der Waals surface area contributed by atoms with Crippen LogP contribution in [0.15, 0.2) is 125 Å². The zero-order valence-electron chi connectivity index (χ0n) is 18.8. The minimum atomic E-state index is -4.06. The summed E-state index contributed by atoms with van der Waals surface area (Å²) in [4.78, 5) is 13.4. The fraction of sp³-hybridized carbons (Fsp3) is 0. The molecule has 0 saturated heterocycles. The molecule has 6 nitrogen and oxygen atoms in total. The lowest BCUT2D eigenvalue weighted by molar-refractivity contribution is -0.114. The summed E-state index contributed by atoms with van der Waals surface area (Å²) >= 11 is 5.86. The Hall–Kier alpha value is -4.20. The van der Waals surface area contributed by atoms with Gasteiger partial charge in [0.2, 0.25) is 0 Å². The van der Waals surface area contributed by atoms with Crippen LogP contribution >= 0.6 is 11.6 Å². The van der Waals surface area contributed by atoms with Crippen molar-refractivity contribution in [2.75, 3.05) is 5.01 Å². The number of benzene rings is 4. The number of hydrazone groups is 1. The second kappa shape index (κ2) is 9.81. The third kappa shape index (κ3) is 4.93. The van der Waals surface area contributed by atoms with Gasteiger partial charge in [-0.15, -0.1) is 0 Å². The van der Waals surface area contributed by atoms with Gasteiger partial charge in [-0.05, 0) is 60.2 Å². The highest BCUT2D eigenvalue weighted by Crippen LogP contribution is 2.29. The van der Waals surface area contributed by atoms with Crippen LogP contribution in [0.1, 0.15) is 11.1 Å². The number of para-hydroxylation sites is 1. The lowest BCUT2D eigenvalue weighted by Crippen LogP contribution is -2.21. The molecule has 0 radical (unpaired) electrons. The highest BCUT2D eigenvalue weighted by Gasteiger charge is 2.32. The first-order valence-electron chi connectivity index (χ1n) is 11.0. The molecule has 1 heterocycles. The van der Waals surface area contributed by atoms with Gasteiger partial charge in [-0.1, -0.05) is 72.3 Å². The molecule has 0 aromatic heterocycles. The third-order valence-corrected chi connectivity index (χ3v) is 6.92. The summed E-state index contributed by atoms with van der Waals surface area (Å²) in [5.74, 6) is -0.178. The number of carbonyl (C=O) groups excluding carboxylic acids is 1. The second-order valence-electron chi connectivity index (χ2n) is 7.89. The summed E-state index contributed by atoms with van der Waals surface area (Å²) in [6.45, 7) is 0. The van der Waals surface area contributed by atoms with E-state index < -0.39 is 10.1 Å². The number of amides is 1. The van der Waals surface area contributed by atoms with E-state index in [0.717, 1.165) is 5.56 Å². The summed E-state index contributed by atoms with van der Waals surface area (Å²) in [6.07, 6.45) is 1.68. The Morgan fingerprint density at radius 3 is 2.17 bits per heavy atom. The fourth-order valence-electron chi connectivity index (χ4n) is 3.70. The van der Waals surface area contributed by atoms with Gasteiger partial charge >= 0.3 is 10.1 Å². The van der Waals surface area contributed by atoms with E-state index in [-0.39, 0.29) is 16.6 Å². The van der Waals surface area contributed by atoms with Crippen molar-refractivity contribution >= 4 is 45.1 Å². The maximum absolute atomic E-state index is 13.4. The van der Waals surface area contributed by atoms with Crippen molar-refractivity contribution in [3.05, 3.63) is 131 Å². The van der Waals surface area contributed by atoms with E-state index in [4.69, 9.17) is 15.8 Å². The molecule has 0 atom stereocenters. The van der Waals surface area contributed by atoms with Crippen LogP contribution in [0.3, 0.4) is 0 Å². The molecule has 178 valence electrons. The van der Waals surface area contributed by atoms with E-state index in [1.807, 2.05) is 60.7 Å². The Bertz CT molecular complexity index is 1580. The number of hydrogen-bond acceptors (Lipinski definition) is 5. The molecule has 0 fully saturated rings. The van der Waals surface area contributed by atoms with Crippen molar-refractivity contribution in [1.82, 2.24) is 0 Å². The minimum absolute atomic E-state index is 0.0152. The van der Waals surface area contributed by atoms with Crippen molar-refractivity contribution < 1.29 is 17.4 Å². The first-order chi connectivity index (χ1) is 17.4. The SMILES string of the molecule is O=C1/C(=C/c2cccc(OS(=O)(=O)c3ccc(Cl)cc3)c2)C(c2ccccc2)=NN1c1ccccc1. The van der Waals surface area contributed by atoms with Crippen LogP contribution in [0.4, 0.5) is 5.69 Å². The van der Waals surface area contributed by atoms with Gasteiger partial charge in [0.25, 0.3) is 5.91 Å². The molecule has 0 spiro atoms. The number of carbonyl (C=O) groups is 1. The Morgan fingerprint density at radius 2 is 1.47 bits per heavy atom. The summed E-state index contributed by atoms with van der Waals surface area (Å²) in [6, 6.07) is 30.8. The zero-order chi connectivity index (χ0) is 25.1. The molecule has 0 saturated carbocycles. The van der Waals surface area contributed by atoms with Crippen LogP contribution in [0, 0.1) is 0 Å². The molecule has 1 aliphatic rings. The van der Waals surface area contributed by atoms with Gasteiger partial charge in [0, 0.05) is 10.6 Å². The molecule has 0 unspecified atom stereocenters. The zero-order valence-corrected chi connectivity index (χ0v) is 20.4. The van der Waals surface area contributed by atoms with Gasteiger partial charge < -0.3 is 4.18 Å². The maximum atomic E-state index is 13.4. The number of rotatable bonds is 6. The van der Waals surface area contributed by atoms with Gasteiger partial charge in [-0.25, -0.2) is 0 Å². The molecule has 4 aromatic carbocycles. The summed E-state index contributed by atoms with van der Waals surface area (Å²) in [5.41, 5.74) is 2.91. The number of nitrogens with zero attached hydrogens (tertiary/aromatic N) is 2. The Kier molecular flexibility index (Phi) is 6.41. The standard InChI is InChI=1S/C28H19ClN2O4S/c29-22-14-16-25(17-15-22)36(33,34)35-24-13-7-8-20(18-24)19-26-27(21-9-3-1-4-10-21)30-31(28(26)32)23-11-5-2-6-12-23/h1-19H/b26-19+. The maximum Gasteiger partial charge on any atom is 0.339 e. The first-order valence-corrected chi connectivity index (χ1v) is 12.7. The number of anilines is 1. The van der Waals surface area contributed by atoms with Crippen molar-refractivity contribution in [2.24, 2.45) is 5.10 Å². The van der Waals surface area contributed by atoms with Crippen LogP contribution in [0.25, 0.3) is 6.08 Å². The van der Waals surface area contributed by atoms with E-state index >= 15 is 0 Å². The normalized spacial score (nSPS) is 14.7. The summed E-state index contributed by atoms with van der Waals surface area (Å²) in [5, 5.41) is 6.39. The Labute approximate surface area is 213 Å². The van der Waals surface area contributed by atoms with Crippen molar-refractivity contribution in [3.63, 3.8) is 0 Å². The van der Waals surface area contributed by atoms with Crippen molar-refractivity contribution in [3.8, 4) is 5.75 Å². The summed E-state index contributed by atoms with van der Waals surface area (Å²) in [7, 11) is -4.06. The molecule has 0 bridgehead atoms. The molecular formula is C28H19ClN2O4S. The molecular weight excluding hydrogens is 496 g/mol. The van der Waals surface area contributed by atoms with Crippen LogP contribution in [-0.2, 0) is 14.9 Å². The Morgan fingerprint density at radius 1 is 0.806 bits per heavy atom. The van der Waals surface area contributed by atoms with Crippen LogP contribution in [0.2, 0.25) is 5.02 Å². The Balaban J connectivity index is 1.50. The van der Waals surface area contributed by atoms with E-state index in [9.17, 15) is 13.2 Å². The van der Waals surface area contributed by atoms with Crippen LogP contribution in [0.5, 0.6) is 5.75 Å². The van der Waals surface area contributed by atoms with Gasteiger partial charge in [0.15, 0.2) is 0 Å². The molecule has 1 aliphatic heterocycles. The van der Waals surface area contributed by atoms with E-state index in [1.54, 1.807) is 24.3 Å². The lowest BCUT2D eigenvalue weighted by atomic mass is 10.0. The average molecular weight is 515 g/mol. The quantitative estimate of drug-likeness (QED) is 0.235. The van der Waals surface area contributed by atoms with Crippen molar-refractivity contribution in [1.29, 1.82) is 0 Å². The minimum Gasteiger partial charge on any atom is -0.379 e. The summed E-state index contributed by atoms with van der Waals surface area (Å²) < 4.78 is 30.7. The smallest absolute Gasteiger partial charge is 0.339 e. The van der Waals surface area contributed by atoms with E-state index in [1.165, 1.54) is 35.3 Å². The van der Waals surface area contributed by atoms with E-state index in [2.05, 4.69) is 5.10 Å². The molecule has 8 heteroatoms. The average Bonchev–Trinajstić information content (AvgIpc) is 3.21. The van der Waals surface area contributed by atoms with E-state index in [0.29, 0.717) is 27.6 Å². The molecule has 5 rings (SSSR count). The number of hydrogen-bond donors (Lipinski definition) is 0. The van der Waals surface area contributed by atoms with Crippen molar-refractivity contribution in [2.45, 2.75) is 4.90 Å². The third-order valence-electron chi connectivity index (χ3n) is 5.40. The van der Waals surface area contributed by atoms with Gasteiger partial charge in [-0.2, -0.15) is 18.5 Å². The fourth-order valence-corrected chi connectivity index (χ4v) is 4.75. The molecule has 1 amide bonds. The second-order valence-corrected chi connectivity index (χ2v) is 9.87. The molecule has 0 aliphatic carbocycles. The molecule has 0 N–H and O–H groups in total. The van der Waals surface area contributed by atoms with Crippen LogP contribution in [-0.4, -0.2) is 20.0 Å². The largest absolute Gasteiger partial charge is 0.379 e. The molecule has 36 heavy (non-hydrogen) atoms. The first kappa shape index (κ1) is 23.5. The van der Waals surface area contributed by atoms with Gasteiger partial charge in [0.1, 0.15) is 16.4 Å². The predicted octanol–water partition coefficient (Wildman–Crippen LogP) is 5.94. The van der Waals surface area contributed by atoms with Gasteiger partial charge in [-0.3, -0.25) is 4.79 Å². The number of halogens is 1. The molecule has 4 aromatic rings. The van der Waals surface area contributed by atoms with Gasteiger partial charge in [0.05, 0.1) is 11.3 Å². The predicted molar refractivity (Wildman–Crippen MR) is 141 cm³/mol. The highest BCUT2D eigenvalue weighted by atomic mass is 35.5.